The Labute approximate surface area is 81.4 Å². The third kappa shape index (κ3) is 2.83. The molecule has 1 atom stereocenters. The lowest BCUT2D eigenvalue weighted by atomic mass is 10.4. The number of nitrogens with zero attached hydrogens (tertiary/aromatic N) is 2. The molecule has 70 valence electrons. The highest BCUT2D eigenvalue weighted by Gasteiger charge is 2.05. The molecule has 0 saturated carbocycles. The van der Waals surface area contributed by atoms with E-state index in [1.165, 1.54) is 6.20 Å². The monoisotopic (exact) mass is 220 g/mol. The molecule has 1 N–H and O–H groups in total. The molecule has 0 fully saturated rings. The van der Waals surface area contributed by atoms with Crippen LogP contribution in [0.1, 0.15) is 16.2 Å². The summed E-state index contributed by atoms with van der Waals surface area (Å²) >= 11 is 3.54. The van der Waals surface area contributed by atoms with Gasteiger partial charge in [0.1, 0.15) is 16.7 Å². The van der Waals surface area contributed by atoms with E-state index in [4.69, 9.17) is 16.2 Å². The summed E-state index contributed by atoms with van der Waals surface area (Å²) in [5.74, 6) is -0.0600. The van der Waals surface area contributed by atoms with Gasteiger partial charge < -0.3 is 4.55 Å². The molecule has 0 aliphatic carbocycles. The first-order valence-corrected chi connectivity index (χ1v) is 4.83. The van der Waals surface area contributed by atoms with E-state index in [1.54, 1.807) is 0 Å². The van der Waals surface area contributed by atoms with Crippen LogP contribution in [-0.4, -0.2) is 25.0 Å². The number of carbonyl (C=O) groups is 1. The summed E-state index contributed by atoms with van der Waals surface area (Å²) in [6.07, 6.45) is 1.73. The number of halogens is 1. The lowest BCUT2D eigenvalue weighted by Gasteiger charge is -1.97. The number of hydrogen-bond donors (Lipinski definition) is 1. The fraction of sp³-hybridized carbons (Fsp3) is 0.167. The van der Waals surface area contributed by atoms with Crippen molar-refractivity contribution >= 4 is 29.0 Å². The maximum atomic E-state index is 10.4. The molecule has 1 unspecified atom stereocenters. The molecule has 0 aliphatic rings. The van der Waals surface area contributed by atoms with Crippen molar-refractivity contribution in [3.05, 3.63) is 22.7 Å². The number of carbonyl (C=O) groups excluding carboxylic acids is 1. The Morgan fingerprint density at radius 2 is 2.38 bits per heavy atom. The normalized spacial score (nSPS) is 12.5. The average Bonchev–Trinajstić information content (AvgIpc) is 2.03. The Bertz CT molecular complexity index is 358. The third-order valence-electron chi connectivity index (χ3n) is 1.20. The Morgan fingerprint density at radius 1 is 1.69 bits per heavy atom. The Balaban J connectivity index is 2.95. The van der Waals surface area contributed by atoms with Crippen molar-refractivity contribution < 1.29 is 13.6 Å². The molecule has 0 saturated heterocycles. The smallest absolute Gasteiger partial charge is 0.160 e. The maximum Gasteiger partial charge on any atom is 0.160 e. The minimum atomic E-state index is -2.01. The predicted octanol–water partition coefficient (Wildman–Crippen LogP) is 0.664. The van der Waals surface area contributed by atoms with Crippen LogP contribution in [0, 0.1) is 0 Å². The fourth-order valence-electron chi connectivity index (χ4n) is 0.663. The molecule has 0 spiro atoms. The molecule has 0 radical (unpaired) electrons. The van der Waals surface area contributed by atoms with Crippen molar-refractivity contribution in [2.45, 2.75) is 5.75 Å². The first-order valence-electron chi connectivity index (χ1n) is 3.17. The maximum absolute atomic E-state index is 10.4. The summed E-state index contributed by atoms with van der Waals surface area (Å²) < 4.78 is 18.9. The van der Waals surface area contributed by atoms with Crippen LogP contribution in [0.15, 0.2) is 6.20 Å². The van der Waals surface area contributed by atoms with Gasteiger partial charge in [0.15, 0.2) is 17.4 Å². The number of hydrogen-bond acceptors (Lipinski definition) is 4. The lowest BCUT2D eigenvalue weighted by molar-refractivity contribution is 0.112. The summed E-state index contributed by atoms with van der Waals surface area (Å²) in [6, 6.07) is 0. The zero-order chi connectivity index (χ0) is 9.84. The van der Waals surface area contributed by atoms with Crippen molar-refractivity contribution in [1.29, 1.82) is 0 Å². The Kier molecular flexibility index (Phi) is 3.47. The Morgan fingerprint density at radius 3 is 2.85 bits per heavy atom. The van der Waals surface area contributed by atoms with Crippen LogP contribution in [0.3, 0.4) is 0 Å². The third-order valence-corrected chi connectivity index (χ3v) is 2.01. The summed E-state index contributed by atoms with van der Waals surface area (Å²) in [7, 11) is 0. The molecular weight excluding hydrogens is 216 g/mol. The van der Waals surface area contributed by atoms with Gasteiger partial charge in [-0.3, -0.25) is 4.79 Å². The fourth-order valence-corrected chi connectivity index (χ4v) is 1.21. The minimum absolute atomic E-state index is 0.00884. The van der Waals surface area contributed by atoms with Crippen LogP contribution in [0.25, 0.3) is 0 Å². The standard InChI is InChI=1S/C6H5ClN2O3S/c7-6-4(2-10)1-8-5(9-6)3-13(11)12/h1-2H,3H2,(H,11,12). The molecule has 1 rings (SSSR count). The second-order valence-electron chi connectivity index (χ2n) is 2.12. The van der Waals surface area contributed by atoms with Gasteiger partial charge in [-0.25, -0.2) is 14.2 Å². The van der Waals surface area contributed by atoms with Crippen molar-refractivity contribution in [3.63, 3.8) is 0 Å². The summed E-state index contributed by atoms with van der Waals surface area (Å²) in [4.78, 5) is 17.6. The van der Waals surface area contributed by atoms with E-state index in [9.17, 15) is 9.00 Å². The largest absolute Gasteiger partial charge is 0.306 e. The van der Waals surface area contributed by atoms with Crippen LogP contribution in [0.2, 0.25) is 5.15 Å². The van der Waals surface area contributed by atoms with E-state index in [-0.39, 0.29) is 22.3 Å². The molecule has 5 nitrogen and oxygen atoms in total. The van der Waals surface area contributed by atoms with Crippen LogP contribution < -0.4 is 0 Å². The minimum Gasteiger partial charge on any atom is -0.306 e. The molecule has 0 aliphatic heterocycles. The van der Waals surface area contributed by atoms with E-state index in [0.717, 1.165) is 0 Å². The average molecular weight is 221 g/mol. The zero-order valence-corrected chi connectivity index (χ0v) is 7.88. The van der Waals surface area contributed by atoms with Gasteiger partial charge in [-0.05, 0) is 0 Å². The van der Waals surface area contributed by atoms with E-state index in [2.05, 4.69) is 9.97 Å². The van der Waals surface area contributed by atoms with Gasteiger partial charge >= 0.3 is 0 Å². The van der Waals surface area contributed by atoms with Crippen molar-refractivity contribution in [3.8, 4) is 0 Å². The van der Waals surface area contributed by atoms with Gasteiger partial charge in [0.2, 0.25) is 0 Å². The summed E-state index contributed by atoms with van der Waals surface area (Å²) in [6.45, 7) is 0. The zero-order valence-electron chi connectivity index (χ0n) is 6.31. The lowest BCUT2D eigenvalue weighted by Crippen LogP contribution is -2.01. The van der Waals surface area contributed by atoms with Gasteiger partial charge in [-0.2, -0.15) is 0 Å². The number of rotatable bonds is 3. The summed E-state index contributed by atoms with van der Waals surface area (Å²) in [5, 5.41) is -0.00884. The SMILES string of the molecule is O=Cc1cnc(CS(=O)O)nc1Cl. The van der Waals surface area contributed by atoms with Gasteiger partial charge in [0.05, 0.1) is 5.56 Å². The molecule has 0 bridgehead atoms. The van der Waals surface area contributed by atoms with Gasteiger partial charge in [-0.15, -0.1) is 0 Å². The highest BCUT2D eigenvalue weighted by molar-refractivity contribution is 7.78. The quantitative estimate of drug-likeness (QED) is 0.460. The van der Waals surface area contributed by atoms with Crippen molar-refractivity contribution in [2.75, 3.05) is 0 Å². The molecular formula is C6H5ClN2O3S. The highest BCUT2D eigenvalue weighted by atomic mass is 35.5. The van der Waals surface area contributed by atoms with E-state index >= 15 is 0 Å². The predicted molar refractivity (Wildman–Crippen MR) is 46.9 cm³/mol. The topological polar surface area (TPSA) is 80.2 Å². The van der Waals surface area contributed by atoms with Crippen LogP contribution in [-0.2, 0) is 16.8 Å². The van der Waals surface area contributed by atoms with E-state index < -0.39 is 11.1 Å². The van der Waals surface area contributed by atoms with E-state index in [1.807, 2.05) is 0 Å². The van der Waals surface area contributed by atoms with Crippen LogP contribution in [0.5, 0.6) is 0 Å². The second kappa shape index (κ2) is 4.40. The number of aromatic nitrogens is 2. The molecule has 7 heteroatoms. The second-order valence-corrected chi connectivity index (χ2v) is 3.41. The molecule has 1 heterocycles. The van der Waals surface area contributed by atoms with Crippen LogP contribution >= 0.6 is 11.6 Å². The molecule has 0 aromatic carbocycles. The van der Waals surface area contributed by atoms with E-state index in [0.29, 0.717) is 6.29 Å². The summed E-state index contributed by atoms with van der Waals surface area (Å²) in [5.41, 5.74) is 0.161. The van der Waals surface area contributed by atoms with Crippen molar-refractivity contribution in [2.24, 2.45) is 0 Å². The first kappa shape index (κ1) is 10.2. The Hall–Kier alpha value is -0.850. The van der Waals surface area contributed by atoms with Crippen molar-refractivity contribution in [1.82, 2.24) is 9.97 Å². The molecule has 1 aromatic heterocycles. The van der Waals surface area contributed by atoms with Gasteiger partial charge in [-0.1, -0.05) is 11.6 Å². The molecule has 13 heavy (non-hydrogen) atoms. The molecule has 0 amide bonds. The first-order chi connectivity index (χ1) is 6.13. The number of aldehydes is 1. The molecule has 1 aromatic rings. The van der Waals surface area contributed by atoms with Crippen LogP contribution in [0.4, 0.5) is 0 Å². The highest BCUT2D eigenvalue weighted by Crippen LogP contribution is 2.09. The van der Waals surface area contributed by atoms with Gasteiger partial charge in [0.25, 0.3) is 0 Å². The van der Waals surface area contributed by atoms with Gasteiger partial charge in [0, 0.05) is 6.20 Å².